The second-order valence-corrected chi connectivity index (χ2v) is 5.60. The first kappa shape index (κ1) is 13.9. The fourth-order valence-corrected chi connectivity index (χ4v) is 2.67. The summed E-state index contributed by atoms with van der Waals surface area (Å²) in [4.78, 5) is 4.38. The minimum atomic E-state index is 0.635. The standard InChI is InChI=1S/C13H13BrCl2N2/c14-5-1-2-7-18-8-6-17-13(18)11-4-3-10(15)9-12(11)16/h3-4,6,8-9H,1-2,5,7H2. The summed E-state index contributed by atoms with van der Waals surface area (Å²) in [5, 5.41) is 2.30. The summed E-state index contributed by atoms with van der Waals surface area (Å²) in [6.07, 6.45) is 6.04. The zero-order valence-corrected chi connectivity index (χ0v) is 12.8. The molecule has 1 heterocycles. The van der Waals surface area contributed by atoms with Crippen molar-refractivity contribution in [1.82, 2.24) is 9.55 Å². The van der Waals surface area contributed by atoms with Crippen LogP contribution in [0.25, 0.3) is 11.4 Å². The van der Waals surface area contributed by atoms with E-state index in [9.17, 15) is 0 Å². The van der Waals surface area contributed by atoms with Crippen molar-refractivity contribution in [2.75, 3.05) is 5.33 Å². The molecule has 0 saturated heterocycles. The van der Waals surface area contributed by atoms with Crippen molar-refractivity contribution >= 4 is 39.1 Å². The number of halogens is 3. The van der Waals surface area contributed by atoms with Gasteiger partial charge in [0.15, 0.2) is 0 Å². The van der Waals surface area contributed by atoms with Crippen molar-refractivity contribution in [1.29, 1.82) is 0 Å². The highest BCUT2D eigenvalue weighted by Gasteiger charge is 2.09. The molecule has 2 aromatic rings. The molecule has 0 fully saturated rings. The Balaban J connectivity index is 2.25. The SMILES string of the molecule is Clc1ccc(-c2nccn2CCCCBr)c(Cl)c1. The lowest BCUT2D eigenvalue weighted by Gasteiger charge is -2.09. The van der Waals surface area contributed by atoms with Gasteiger partial charge in [-0.25, -0.2) is 4.98 Å². The molecule has 2 nitrogen and oxygen atoms in total. The van der Waals surface area contributed by atoms with Crippen LogP contribution in [0.15, 0.2) is 30.6 Å². The molecule has 96 valence electrons. The highest BCUT2D eigenvalue weighted by atomic mass is 79.9. The maximum absolute atomic E-state index is 6.21. The van der Waals surface area contributed by atoms with Gasteiger partial charge in [0.05, 0.1) is 5.02 Å². The molecule has 0 N–H and O–H groups in total. The van der Waals surface area contributed by atoms with E-state index in [4.69, 9.17) is 23.2 Å². The number of aryl methyl sites for hydroxylation is 1. The lowest BCUT2D eigenvalue weighted by molar-refractivity contribution is 0.641. The Labute approximate surface area is 125 Å². The zero-order chi connectivity index (χ0) is 13.0. The summed E-state index contributed by atoms with van der Waals surface area (Å²) < 4.78 is 2.12. The van der Waals surface area contributed by atoms with E-state index in [0.29, 0.717) is 10.0 Å². The largest absolute Gasteiger partial charge is 0.331 e. The quantitative estimate of drug-likeness (QED) is 0.547. The van der Waals surface area contributed by atoms with Crippen molar-refractivity contribution in [3.8, 4) is 11.4 Å². The van der Waals surface area contributed by atoms with Crippen LogP contribution in [0, 0.1) is 0 Å². The van der Waals surface area contributed by atoms with Gasteiger partial charge in [0.2, 0.25) is 0 Å². The first-order valence-electron chi connectivity index (χ1n) is 5.75. The van der Waals surface area contributed by atoms with E-state index in [1.54, 1.807) is 12.3 Å². The molecule has 0 aliphatic heterocycles. The third kappa shape index (κ3) is 3.28. The predicted molar refractivity (Wildman–Crippen MR) is 80.7 cm³/mol. The molecule has 0 saturated carbocycles. The Morgan fingerprint density at radius 3 is 2.78 bits per heavy atom. The van der Waals surface area contributed by atoms with E-state index in [0.717, 1.165) is 36.1 Å². The third-order valence-corrected chi connectivity index (χ3v) is 3.78. The van der Waals surface area contributed by atoms with Crippen LogP contribution in [-0.2, 0) is 6.54 Å². The van der Waals surface area contributed by atoms with E-state index in [1.165, 1.54) is 0 Å². The number of alkyl halides is 1. The molecule has 0 radical (unpaired) electrons. The van der Waals surface area contributed by atoms with Crippen molar-refractivity contribution < 1.29 is 0 Å². The molecule has 0 atom stereocenters. The number of nitrogens with zero attached hydrogens (tertiary/aromatic N) is 2. The number of imidazole rings is 1. The summed E-state index contributed by atoms with van der Waals surface area (Å²) in [6, 6.07) is 5.49. The zero-order valence-electron chi connectivity index (χ0n) is 9.74. The highest BCUT2D eigenvalue weighted by Crippen LogP contribution is 2.29. The molecule has 1 aromatic heterocycles. The number of benzene rings is 1. The van der Waals surface area contributed by atoms with E-state index >= 15 is 0 Å². The molecule has 0 aliphatic rings. The fourth-order valence-electron chi connectivity index (χ4n) is 1.78. The Hall–Kier alpha value is -0.510. The van der Waals surface area contributed by atoms with Gasteiger partial charge in [-0.3, -0.25) is 0 Å². The van der Waals surface area contributed by atoms with Crippen molar-refractivity contribution in [2.24, 2.45) is 0 Å². The van der Waals surface area contributed by atoms with Crippen LogP contribution in [0.5, 0.6) is 0 Å². The van der Waals surface area contributed by atoms with Gasteiger partial charge in [-0.1, -0.05) is 39.1 Å². The lowest BCUT2D eigenvalue weighted by Crippen LogP contribution is -2.00. The Kier molecular flexibility index (Phi) is 5.10. The molecule has 0 spiro atoms. The van der Waals surface area contributed by atoms with Gasteiger partial charge in [0, 0.05) is 34.9 Å². The van der Waals surface area contributed by atoms with Gasteiger partial charge in [-0.2, -0.15) is 0 Å². The molecule has 0 bridgehead atoms. The van der Waals surface area contributed by atoms with E-state index < -0.39 is 0 Å². The lowest BCUT2D eigenvalue weighted by atomic mass is 10.2. The van der Waals surface area contributed by atoms with Crippen LogP contribution in [0.3, 0.4) is 0 Å². The number of unbranched alkanes of at least 4 members (excludes halogenated alkanes) is 1. The molecule has 0 amide bonds. The van der Waals surface area contributed by atoms with Crippen molar-refractivity contribution in [2.45, 2.75) is 19.4 Å². The predicted octanol–water partition coefficient (Wildman–Crippen LogP) is 5.03. The fraction of sp³-hybridized carbons (Fsp3) is 0.308. The first-order chi connectivity index (χ1) is 8.72. The van der Waals surface area contributed by atoms with Gasteiger partial charge < -0.3 is 4.57 Å². The van der Waals surface area contributed by atoms with Crippen LogP contribution in [0.1, 0.15) is 12.8 Å². The van der Waals surface area contributed by atoms with E-state index in [1.807, 2.05) is 18.3 Å². The maximum atomic E-state index is 6.21. The smallest absolute Gasteiger partial charge is 0.141 e. The monoisotopic (exact) mass is 346 g/mol. The van der Waals surface area contributed by atoms with Crippen LogP contribution < -0.4 is 0 Å². The number of hydrogen-bond acceptors (Lipinski definition) is 1. The normalized spacial score (nSPS) is 10.8. The molecule has 0 unspecified atom stereocenters. The van der Waals surface area contributed by atoms with Crippen LogP contribution in [0.2, 0.25) is 10.0 Å². The summed E-state index contributed by atoms with van der Waals surface area (Å²) in [5.74, 6) is 0.895. The van der Waals surface area contributed by atoms with Gasteiger partial charge in [0.1, 0.15) is 5.82 Å². The molecule has 1 aromatic carbocycles. The van der Waals surface area contributed by atoms with E-state index in [2.05, 4.69) is 25.5 Å². The average molecular weight is 348 g/mol. The third-order valence-electron chi connectivity index (χ3n) is 2.67. The Morgan fingerprint density at radius 2 is 2.06 bits per heavy atom. The topological polar surface area (TPSA) is 17.8 Å². The Morgan fingerprint density at radius 1 is 1.22 bits per heavy atom. The van der Waals surface area contributed by atoms with Crippen LogP contribution in [0.4, 0.5) is 0 Å². The second-order valence-electron chi connectivity index (χ2n) is 3.96. The number of aromatic nitrogens is 2. The van der Waals surface area contributed by atoms with Crippen molar-refractivity contribution in [3.05, 3.63) is 40.6 Å². The molecule has 0 aliphatic carbocycles. The summed E-state index contributed by atoms with van der Waals surface area (Å²) in [6.45, 7) is 0.944. The summed E-state index contributed by atoms with van der Waals surface area (Å²) in [5.41, 5.74) is 0.921. The molecule has 18 heavy (non-hydrogen) atoms. The highest BCUT2D eigenvalue weighted by molar-refractivity contribution is 9.09. The molecular formula is C13H13BrCl2N2. The van der Waals surface area contributed by atoms with E-state index in [-0.39, 0.29) is 0 Å². The minimum Gasteiger partial charge on any atom is -0.331 e. The number of rotatable bonds is 5. The van der Waals surface area contributed by atoms with Gasteiger partial charge in [-0.15, -0.1) is 0 Å². The number of hydrogen-bond donors (Lipinski definition) is 0. The van der Waals surface area contributed by atoms with Crippen LogP contribution in [-0.4, -0.2) is 14.9 Å². The molecule has 2 rings (SSSR count). The van der Waals surface area contributed by atoms with Gasteiger partial charge in [-0.05, 0) is 31.0 Å². The Bertz CT molecular complexity index is 525. The first-order valence-corrected chi connectivity index (χ1v) is 7.62. The summed E-state index contributed by atoms with van der Waals surface area (Å²) in [7, 11) is 0. The maximum Gasteiger partial charge on any atom is 0.141 e. The molecule has 5 heteroatoms. The van der Waals surface area contributed by atoms with Crippen molar-refractivity contribution in [3.63, 3.8) is 0 Å². The van der Waals surface area contributed by atoms with Gasteiger partial charge >= 0.3 is 0 Å². The minimum absolute atomic E-state index is 0.635. The average Bonchev–Trinajstić information content (AvgIpc) is 2.78. The molecular weight excluding hydrogens is 335 g/mol. The second kappa shape index (κ2) is 6.60. The van der Waals surface area contributed by atoms with Gasteiger partial charge in [0.25, 0.3) is 0 Å². The summed E-state index contributed by atoms with van der Waals surface area (Å²) >= 11 is 15.5. The van der Waals surface area contributed by atoms with Crippen LogP contribution >= 0.6 is 39.1 Å².